The van der Waals surface area contributed by atoms with Crippen molar-refractivity contribution < 1.29 is 9.13 Å². The van der Waals surface area contributed by atoms with Crippen LogP contribution < -0.4 is 10.5 Å². The van der Waals surface area contributed by atoms with E-state index in [1.807, 2.05) is 30.3 Å². The van der Waals surface area contributed by atoms with Gasteiger partial charge in [0.1, 0.15) is 18.2 Å². The minimum Gasteiger partial charge on any atom is -0.489 e. The number of rotatable bonds is 6. The molecule has 0 bridgehead atoms. The summed E-state index contributed by atoms with van der Waals surface area (Å²) in [6.45, 7) is 4.62. The third kappa shape index (κ3) is 4.57. The molecule has 1 unspecified atom stereocenters. The monoisotopic (exact) mass is 287 g/mol. The number of ether oxygens (including phenoxy) is 1. The van der Waals surface area contributed by atoms with Crippen LogP contribution in [-0.4, -0.2) is 0 Å². The molecule has 0 heterocycles. The lowest BCUT2D eigenvalue weighted by atomic mass is 9.97. The Morgan fingerprint density at radius 1 is 1.10 bits per heavy atom. The molecule has 0 aliphatic carbocycles. The third-order valence-electron chi connectivity index (χ3n) is 3.34. The van der Waals surface area contributed by atoms with Crippen molar-refractivity contribution in [3.63, 3.8) is 0 Å². The van der Waals surface area contributed by atoms with Gasteiger partial charge in [-0.25, -0.2) is 4.39 Å². The highest BCUT2D eigenvalue weighted by atomic mass is 19.1. The lowest BCUT2D eigenvalue weighted by Crippen LogP contribution is -2.14. The van der Waals surface area contributed by atoms with Gasteiger partial charge >= 0.3 is 0 Å². The molecule has 2 nitrogen and oxygen atoms in total. The van der Waals surface area contributed by atoms with Crippen LogP contribution in [0.2, 0.25) is 0 Å². The highest BCUT2D eigenvalue weighted by Gasteiger charge is 2.14. The molecule has 0 spiro atoms. The SMILES string of the molecule is CC(C)CC(N)c1cc(OCc2ccccc2)ccc1F. The molecule has 0 radical (unpaired) electrons. The van der Waals surface area contributed by atoms with E-state index in [9.17, 15) is 4.39 Å². The predicted octanol–water partition coefficient (Wildman–Crippen LogP) is 4.45. The molecule has 3 heteroatoms. The Bertz CT molecular complexity index is 569. The van der Waals surface area contributed by atoms with Gasteiger partial charge in [0.25, 0.3) is 0 Å². The number of hydrogen-bond donors (Lipinski definition) is 1. The lowest BCUT2D eigenvalue weighted by molar-refractivity contribution is 0.305. The topological polar surface area (TPSA) is 35.2 Å². The van der Waals surface area contributed by atoms with Crippen LogP contribution in [-0.2, 0) is 6.61 Å². The van der Waals surface area contributed by atoms with Crippen molar-refractivity contribution in [1.29, 1.82) is 0 Å². The number of halogens is 1. The lowest BCUT2D eigenvalue weighted by Gasteiger charge is -2.16. The highest BCUT2D eigenvalue weighted by Crippen LogP contribution is 2.26. The van der Waals surface area contributed by atoms with Crippen molar-refractivity contribution in [2.24, 2.45) is 11.7 Å². The second kappa shape index (κ2) is 7.23. The molecule has 0 saturated carbocycles. The van der Waals surface area contributed by atoms with E-state index in [4.69, 9.17) is 10.5 Å². The first-order valence-corrected chi connectivity index (χ1v) is 7.28. The van der Waals surface area contributed by atoms with E-state index < -0.39 is 0 Å². The summed E-state index contributed by atoms with van der Waals surface area (Å²) in [5, 5.41) is 0. The van der Waals surface area contributed by atoms with E-state index in [0.29, 0.717) is 23.8 Å². The predicted molar refractivity (Wildman–Crippen MR) is 83.6 cm³/mol. The Morgan fingerprint density at radius 3 is 2.48 bits per heavy atom. The molecule has 2 aromatic rings. The molecule has 21 heavy (non-hydrogen) atoms. The summed E-state index contributed by atoms with van der Waals surface area (Å²) in [6, 6.07) is 14.4. The summed E-state index contributed by atoms with van der Waals surface area (Å²) in [6.07, 6.45) is 0.749. The van der Waals surface area contributed by atoms with Gasteiger partial charge in [-0.3, -0.25) is 0 Å². The maximum Gasteiger partial charge on any atom is 0.128 e. The zero-order chi connectivity index (χ0) is 15.2. The maximum absolute atomic E-state index is 13.9. The van der Waals surface area contributed by atoms with Gasteiger partial charge < -0.3 is 10.5 Å². The van der Waals surface area contributed by atoms with Crippen LogP contribution in [0.1, 0.15) is 37.4 Å². The van der Waals surface area contributed by atoms with Crippen LogP contribution in [0.25, 0.3) is 0 Å². The molecule has 0 amide bonds. The molecule has 2 aromatic carbocycles. The molecule has 2 N–H and O–H groups in total. The van der Waals surface area contributed by atoms with Gasteiger partial charge in [0.05, 0.1) is 0 Å². The summed E-state index contributed by atoms with van der Waals surface area (Å²) < 4.78 is 19.6. The van der Waals surface area contributed by atoms with Crippen molar-refractivity contribution in [3.8, 4) is 5.75 Å². The average molecular weight is 287 g/mol. The van der Waals surface area contributed by atoms with Gasteiger partial charge in [-0.05, 0) is 36.1 Å². The molecule has 0 saturated heterocycles. The first kappa shape index (κ1) is 15.5. The van der Waals surface area contributed by atoms with Gasteiger partial charge in [-0.1, -0.05) is 44.2 Å². The first-order chi connectivity index (χ1) is 10.1. The van der Waals surface area contributed by atoms with Gasteiger partial charge in [0.15, 0.2) is 0 Å². The molecular formula is C18H22FNO. The Balaban J connectivity index is 2.07. The van der Waals surface area contributed by atoms with E-state index >= 15 is 0 Å². The van der Waals surface area contributed by atoms with Crippen LogP contribution in [0.3, 0.4) is 0 Å². The summed E-state index contributed by atoms with van der Waals surface area (Å²) in [5.74, 6) is 0.804. The summed E-state index contributed by atoms with van der Waals surface area (Å²) >= 11 is 0. The normalized spacial score (nSPS) is 12.4. The van der Waals surface area contributed by atoms with Gasteiger partial charge in [-0.15, -0.1) is 0 Å². The van der Waals surface area contributed by atoms with E-state index in [0.717, 1.165) is 12.0 Å². The molecular weight excluding hydrogens is 265 g/mol. The summed E-state index contributed by atoms with van der Waals surface area (Å²) in [4.78, 5) is 0. The Labute approximate surface area is 125 Å². The van der Waals surface area contributed by atoms with Crippen LogP contribution in [0.4, 0.5) is 4.39 Å². The zero-order valence-corrected chi connectivity index (χ0v) is 12.6. The molecule has 0 aromatic heterocycles. The highest BCUT2D eigenvalue weighted by molar-refractivity contribution is 5.32. The van der Waals surface area contributed by atoms with Crippen molar-refractivity contribution in [3.05, 3.63) is 65.5 Å². The molecule has 1 atom stereocenters. The van der Waals surface area contributed by atoms with Crippen LogP contribution in [0.5, 0.6) is 5.75 Å². The largest absolute Gasteiger partial charge is 0.489 e. The number of hydrogen-bond acceptors (Lipinski definition) is 2. The minimum absolute atomic E-state index is 0.268. The molecule has 112 valence electrons. The standard InChI is InChI=1S/C18H22FNO/c1-13(2)10-18(20)16-11-15(8-9-17(16)19)21-12-14-6-4-3-5-7-14/h3-9,11,13,18H,10,12,20H2,1-2H3. The molecule has 0 aliphatic rings. The first-order valence-electron chi connectivity index (χ1n) is 7.28. The van der Waals surface area contributed by atoms with Crippen molar-refractivity contribution >= 4 is 0 Å². The third-order valence-corrected chi connectivity index (χ3v) is 3.34. The fraction of sp³-hybridized carbons (Fsp3) is 0.333. The van der Waals surface area contributed by atoms with E-state index in [2.05, 4.69) is 13.8 Å². The fourth-order valence-electron chi connectivity index (χ4n) is 2.27. The van der Waals surface area contributed by atoms with E-state index in [1.165, 1.54) is 6.07 Å². The van der Waals surface area contributed by atoms with Gasteiger partial charge in [-0.2, -0.15) is 0 Å². The average Bonchev–Trinajstić information content (AvgIpc) is 2.46. The Hall–Kier alpha value is -1.87. The van der Waals surface area contributed by atoms with Crippen LogP contribution in [0, 0.1) is 11.7 Å². The van der Waals surface area contributed by atoms with Gasteiger partial charge in [0, 0.05) is 11.6 Å². The molecule has 0 aliphatic heterocycles. The van der Waals surface area contributed by atoms with Crippen LogP contribution >= 0.6 is 0 Å². The minimum atomic E-state index is -0.301. The summed E-state index contributed by atoms with van der Waals surface area (Å²) in [5.41, 5.74) is 7.68. The Morgan fingerprint density at radius 2 is 1.81 bits per heavy atom. The second-order valence-electron chi connectivity index (χ2n) is 5.69. The smallest absolute Gasteiger partial charge is 0.128 e. The second-order valence-corrected chi connectivity index (χ2v) is 5.69. The fourth-order valence-corrected chi connectivity index (χ4v) is 2.27. The maximum atomic E-state index is 13.9. The van der Waals surface area contributed by atoms with E-state index in [-0.39, 0.29) is 11.9 Å². The summed E-state index contributed by atoms with van der Waals surface area (Å²) in [7, 11) is 0. The van der Waals surface area contributed by atoms with Crippen molar-refractivity contribution in [2.75, 3.05) is 0 Å². The van der Waals surface area contributed by atoms with Crippen molar-refractivity contribution in [2.45, 2.75) is 32.9 Å². The quantitative estimate of drug-likeness (QED) is 0.852. The Kier molecular flexibility index (Phi) is 5.34. The van der Waals surface area contributed by atoms with Crippen molar-refractivity contribution in [1.82, 2.24) is 0 Å². The molecule has 2 rings (SSSR count). The zero-order valence-electron chi connectivity index (χ0n) is 12.6. The van der Waals surface area contributed by atoms with E-state index in [1.54, 1.807) is 12.1 Å². The van der Waals surface area contributed by atoms with Crippen LogP contribution in [0.15, 0.2) is 48.5 Å². The molecule has 0 fully saturated rings. The number of nitrogens with two attached hydrogens (primary N) is 1. The number of benzene rings is 2. The van der Waals surface area contributed by atoms with Gasteiger partial charge in [0.2, 0.25) is 0 Å².